The summed E-state index contributed by atoms with van der Waals surface area (Å²) in [5.41, 5.74) is 0.878. The highest BCUT2D eigenvalue weighted by Gasteiger charge is 2.26. The van der Waals surface area contributed by atoms with Gasteiger partial charge in [0.15, 0.2) is 0 Å². The Morgan fingerprint density at radius 3 is 2.40 bits per heavy atom. The lowest BCUT2D eigenvalue weighted by Crippen LogP contribution is -2.40. The number of aromatic nitrogens is 2. The number of hydrogen-bond acceptors (Lipinski definition) is 4. The molecular weight excluding hydrogens is 278 g/mol. The van der Waals surface area contributed by atoms with Gasteiger partial charge in [-0.2, -0.15) is 4.31 Å². The van der Waals surface area contributed by atoms with E-state index in [9.17, 15) is 8.42 Å². The number of hydrogen-bond donors (Lipinski definition) is 0. The maximum Gasteiger partial charge on any atom is 0.243 e. The van der Waals surface area contributed by atoms with Gasteiger partial charge in [-0.1, -0.05) is 0 Å². The molecule has 1 aromatic carbocycles. The molecule has 1 aromatic heterocycles. The predicted molar refractivity (Wildman–Crippen MR) is 73.1 cm³/mol. The van der Waals surface area contributed by atoms with Gasteiger partial charge in [0.1, 0.15) is 0 Å². The molecule has 1 aliphatic heterocycles. The monoisotopic (exact) mass is 293 g/mol. The molecule has 0 atom stereocenters. The Balaban J connectivity index is 1.87. The second-order valence-corrected chi connectivity index (χ2v) is 6.42. The van der Waals surface area contributed by atoms with Crippen molar-refractivity contribution in [2.45, 2.75) is 4.90 Å². The van der Waals surface area contributed by atoms with E-state index in [4.69, 9.17) is 4.74 Å². The van der Waals surface area contributed by atoms with Gasteiger partial charge in [-0.3, -0.25) is 0 Å². The largest absolute Gasteiger partial charge is 0.379 e. The van der Waals surface area contributed by atoms with E-state index in [1.54, 1.807) is 36.8 Å². The van der Waals surface area contributed by atoms with E-state index in [-0.39, 0.29) is 0 Å². The van der Waals surface area contributed by atoms with E-state index >= 15 is 0 Å². The van der Waals surface area contributed by atoms with Crippen LogP contribution in [0.4, 0.5) is 0 Å². The summed E-state index contributed by atoms with van der Waals surface area (Å²) in [4.78, 5) is 4.27. The van der Waals surface area contributed by atoms with Crippen molar-refractivity contribution in [2.24, 2.45) is 0 Å². The fourth-order valence-corrected chi connectivity index (χ4v) is 3.55. The Morgan fingerprint density at radius 2 is 1.80 bits per heavy atom. The maximum atomic E-state index is 12.4. The van der Waals surface area contributed by atoms with Crippen LogP contribution in [0.25, 0.3) is 5.69 Å². The third-order valence-electron chi connectivity index (χ3n) is 3.25. The minimum atomic E-state index is -3.42. The fraction of sp³-hybridized carbons (Fsp3) is 0.308. The first kappa shape index (κ1) is 13.3. The van der Waals surface area contributed by atoms with E-state index in [1.165, 1.54) is 4.31 Å². The van der Waals surface area contributed by atoms with Gasteiger partial charge in [0, 0.05) is 31.2 Å². The average Bonchev–Trinajstić information content (AvgIpc) is 3.02. The number of benzene rings is 1. The summed E-state index contributed by atoms with van der Waals surface area (Å²) < 4.78 is 33.3. The van der Waals surface area contributed by atoms with Crippen molar-refractivity contribution < 1.29 is 13.2 Å². The highest BCUT2D eigenvalue weighted by Crippen LogP contribution is 2.18. The van der Waals surface area contributed by atoms with Gasteiger partial charge >= 0.3 is 0 Å². The van der Waals surface area contributed by atoms with E-state index in [2.05, 4.69) is 4.98 Å². The summed E-state index contributed by atoms with van der Waals surface area (Å²) in [5.74, 6) is 0. The summed E-state index contributed by atoms with van der Waals surface area (Å²) in [6.45, 7) is 1.72. The lowest BCUT2D eigenvalue weighted by molar-refractivity contribution is 0.0730. The van der Waals surface area contributed by atoms with E-state index in [0.29, 0.717) is 31.2 Å². The van der Waals surface area contributed by atoms with Gasteiger partial charge in [-0.15, -0.1) is 0 Å². The molecule has 0 unspecified atom stereocenters. The van der Waals surface area contributed by atoms with Crippen molar-refractivity contribution in [1.82, 2.24) is 13.9 Å². The SMILES string of the molecule is O=S(=O)(c1ccc(-n2ccnc2)cc1)N1CCOCC1. The topological polar surface area (TPSA) is 64.4 Å². The van der Waals surface area contributed by atoms with Crippen LogP contribution >= 0.6 is 0 Å². The number of imidazole rings is 1. The fourth-order valence-electron chi connectivity index (χ4n) is 2.14. The number of rotatable bonds is 3. The molecule has 0 amide bonds. The molecule has 3 rings (SSSR count). The first-order valence-corrected chi connectivity index (χ1v) is 7.78. The number of nitrogens with zero attached hydrogens (tertiary/aromatic N) is 3. The first-order valence-electron chi connectivity index (χ1n) is 6.34. The molecule has 0 spiro atoms. The van der Waals surface area contributed by atoms with E-state index in [1.807, 2.05) is 10.8 Å². The Bertz CT molecular complexity index is 659. The van der Waals surface area contributed by atoms with Gasteiger partial charge in [0.2, 0.25) is 10.0 Å². The smallest absolute Gasteiger partial charge is 0.243 e. The third kappa shape index (κ3) is 2.47. The van der Waals surface area contributed by atoms with Crippen molar-refractivity contribution in [3.63, 3.8) is 0 Å². The summed E-state index contributed by atoms with van der Waals surface area (Å²) >= 11 is 0. The summed E-state index contributed by atoms with van der Waals surface area (Å²) in [7, 11) is -3.42. The minimum Gasteiger partial charge on any atom is -0.379 e. The summed E-state index contributed by atoms with van der Waals surface area (Å²) in [6, 6.07) is 6.80. The molecule has 2 heterocycles. The zero-order valence-corrected chi connectivity index (χ0v) is 11.7. The molecule has 0 N–H and O–H groups in total. The second-order valence-electron chi connectivity index (χ2n) is 4.48. The van der Waals surface area contributed by atoms with Crippen LogP contribution in [0.5, 0.6) is 0 Å². The van der Waals surface area contributed by atoms with Crippen LogP contribution in [0.2, 0.25) is 0 Å². The van der Waals surface area contributed by atoms with Gasteiger partial charge < -0.3 is 9.30 Å². The number of morpholine rings is 1. The lowest BCUT2D eigenvalue weighted by Gasteiger charge is -2.26. The van der Waals surface area contributed by atoms with Crippen LogP contribution in [0.15, 0.2) is 47.9 Å². The molecular formula is C13H15N3O3S. The molecule has 0 saturated carbocycles. The maximum absolute atomic E-state index is 12.4. The van der Waals surface area contributed by atoms with Crippen LogP contribution in [0, 0.1) is 0 Å². The quantitative estimate of drug-likeness (QED) is 0.843. The summed E-state index contributed by atoms with van der Waals surface area (Å²) in [6.07, 6.45) is 5.16. The molecule has 2 aromatic rings. The molecule has 1 saturated heterocycles. The molecule has 1 fully saturated rings. The van der Waals surface area contributed by atoms with E-state index < -0.39 is 10.0 Å². The van der Waals surface area contributed by atoms with Crippen LogP contribution in [-0.2, 0) is 14.8 Å². The van der Waals surface area contributed by atoms with Gasteiger partial charge in [0.05, 0.1) is 24.4 Å². The number of ether oxygens (including phenoxy) is 1. The molecule has 0 radical (unpaired) electrons. The van der Waals surface area contributed by atoms with Crippen molar-refractivity contribution in [1.29, 1.82) is 0 Å². The average molecular weight is 293 g/mol. The zero-order chi connectivity index (χ0) is 14.0. The van der Waals surface area contributed by atoms with E-state index in [0.717, 1.165) is 5.69 Å². The van der Waals surface area contributed by atoms with Crippen molar-refractivity contribution in [3.05, 3.63) is 43.0 Å². The molecule has 1 aliphatic rings. The Hall–Kier alpha value is -1.70. The number of sulfonamides is 1. The minimum absolute atomic E-state index is 0.309. The van der Waals surface area contributed by atoms with Gasteiger partial charge in [0.25, 0.3) is 0 Å². The molecule has 0 aliphatic carbocycles. The standard InChI is InChI=1S/C13H15N3O3S/c17-20(18,16-7-9-19-10-8-16)13-3-1-12(2-4-13)15-6-5-14-11-15/h1-6,11H,7-10H2. The molecule has 6 nitrogen and oxygen atoms in total. The molecule has 0 bridgehead atoms. The molecule has 106 valence electrons. The molecule has 20 heavy (non-hydrogen) atoms. The van der Waals surface area contributed by atoms with Gasteiger partial charge in [-0.25, -0.2) is 13.4 Å². The Labute approximate surface area is 117 Å². The Kier molecular flexibility index (Phi) is 3.56. The second kappa shape index (κ2) is 5.35. The van der Waals surface area contributed by atoms with Crippen molar-refractivity contribution in [2.75, 3.05) is 26.3 Å². The first-order chi connectivity index (χ1) is 9.68. The predicted octanol–water partition coefficient (Wildman–Crippen LogP) is 0.893. The third-order valence-corrected chi connectivity index (χ3v) is 5.16. The van der Waals surface area contributed by atoms with Crippen LogP contribution in [0.1, 0.15) is 0 Å². The lowest BCUT2D eigenvalue weighted by atomic mass is 10.3. The zero-order valence-electron chi connectivity index (χ0n) is 10.8. The highest BCUT2D eigenvalue weighted by molar-refractivity contribution is 7.89. The summed E-state index contributed by atoms with van der Waals surface area (Å²) in [5, 5.41) is 0. The van der Waals surface area contributed by atoms with Gasteiger partial charge in [-0.05, 0) is 24.3 Å². The van der Waals surface area contributed by atoms with Crippen LogP contribution in [-0.4, -0.2) is 48.6 Å². The van der Waals surface area contributed by atoms with Crippen LogP contribution in [0.3, 0.4) is 0 Å². The normalized spacial score (nSPS) is 17.2. The van der Waals surface area contributed by atoms with Crippen LogP contribution < -0.4 is 0 Å². The van der Waals surface area contributed by atoms with Crippen molar-refractivity contribution in [3.8, 4) is 5.69 Å². The highest BCUT2D eigenvalue weighted by atomic mass is 32.2. The molecule has 7 heteroatoms. The Morgan fingerprint density at radius 1 is 1.10 bits per heavy atom. The van der Waals surface area contributed by atoms with Crippen molar-refractivity contribution >= 4 is 10.0 Å².